The van der Waals surface area contributed by atoms with Gasteiger partial charge >= 0.3 is 11.2 Å². The molecule has 0 aliphatic carbocycles. The molecule has 0 unspecified atom stereocenters. The van der Waals surface area contributed by atoms with E-state index < -0.39 is 6.03 Å². The molecule has 0 spiro atoms. The van der Waals surface area contributed by atoms with Gasteiger partial charge in [0.1, 0.15) is 5.69 Å². The third-order valence-electron chi connectivity index (χ3n) is 1.57. The molecular weight excluding hydrogens is 218 g/mol. The minimum absolute atomic E-state index is 0.0202. The summed E-state index contributed by atoms with van der Waals surface area (Å²) in [6.45, 7) is 3.67. The highest BCUT2D eigenvalue weighted by molar-refractivity contribution is 6.31. The normalized spacial score (nSPS) is 10.1. The second kappa shape index (κ2) is 4.84. The summed E-state index contributed by atoms with van der Waals surface area (Å²) < 4.78 is 0.479. The fourth-order valence-corrected chi connectivity index (χ4v) is 1.15. The molecule has 1 heterocycles. The number of hydrogen-bond donors (Lipinski definition) is 2. The molecule has 0 saturated carbocycles. The second-order valence-electron chi connectivity index (χ2n) is 3.29. The molecule has 1 aromatic heterocycles. The van der Waals surface area contributed by atoms with Crippen molar-refractivity contribution in [2.45, 2.75) is 19.9 Å². The summed E-state index contributed by atoms with van der Waals surface area (Å²) in [6, 6.07) is 2.69. The summed E-state index contributed by atoms with van der Waals surface area (Å²) in [7, 11) is 0. The minimum Gasteiger partial charge on any atom is -0.618 e. The van der Waals surface area contributed by atoms with Gasteiger partial charge in [-0.2, -0.15) is 4.73 Å². The molecule has 6 heteroatoms. The molecule has 0 aromatic carbocycles. The first-order chi connectivity index (χ1) is 7.00. The molecule has 15 heavy (non-hydrogen) atoms. The Morgan fingerprint density at radius 1 is 1.60 bits per heavy atom. The quantitative estimate of drug-likeness (QED) is 0.459. The molecule has 5 nitrogen and oxygen atoms in total. The largest absolute Gasteiger partial charge is 0.618 e. The van der Waals surface area contributed by atoms with Gasteiger partial charge in [-0.05, 0) is 31.5 Å². The van der Waals surface area contributed by atoms with Crippen LogP contribution >= 0.6 is 11.6 Å². The molecule has 0 fully saturated rings. The fourth-order valence-electron chi connectivity index (χ4n) is 0.984. The Kier molecular flexibility index (Phi) is 3.74. The van der Waals surface area contributed by atoms with Gasteiger partial charge in [0.15, 0.2) is 6.20 Å². The Morgan fingerprint density at radius 2 is 2.27 bits per heavy atom. The van der Waals surface area contributed by atoms with Crippen LogP contribution < -0.4 is 15.4 Å². The van der Waals surface area contributed by atoms with Crippen LogP contribution in [0.1, 0.15) is 13.8 Å². The lowest BCUT2D eigenvalue weighted by atomic mass is 10.4. The Hall–Kier alpha value is -1.49. The van der Waals surface area contributed by atoms with Crippen LogP contribution in [0.4, 0.5) is 10.5 Å². The maximum absolute atomic E-state index is 11.3. The molecule has 0 radical (unpaired) electrons. The number of carbonyl (C=O) groups excluding carboxylic acids is 1. The van der Waals surface area contributed by atoms with Crippen LogP contribution in [-0.2, 0) is 0 Å². The van der Waals surface area contributed by atoms with E-state index in [1.807, 2.05) is 13.8 Å². The van der Waals surface area contributed by atoms with Crippen LogP contribution in [0.3, 0.4) is 0 Å². The SMILES string of the molecule is CC(C)NC(=O)Nc1ccc[n+]([O-])c1Cl. The van der Waals surface area contributed by atoms with E-state index in [1.54, 1.807) is 6.07 Å². The van der Waals surface area contributed by atoms with Crippen molar-refractivity contribution >= 4 is 23.3 Å². The first-order valence-corrected chi connectivity index (χ1v) is 4.83. The number of halogens is 1. The number of pyridine rings is 1. The lowest BCUT2D eigenvalue weighted by molar-refractivity contribution is -0.602. The van der Waals surface area contributed by atoms with Crippen molar-refractivity contribution in [1.82, 2.24) is 5.32 Å². The maximum Gasteiger partial charge on any atom is 0.319 e. The van der Waals surface area contributed by atoms with Crippen LogP contribution in [0, 0.1) is 5.21 Å². The summed E-state index contributed by atoms with van der Waals surface area (Å²) >= 11 is 5.68. The molecule has 2 amide bonds. The van der Waals surface area contributed by atoms with E-state index in [4.69, 9.17) is 11.6 Å². The van der Waals surface area contributed by atoms with Crippen molar-refractivity contribution in [3.63, 3.8) is 0 Å². The molecule has 82 valence electrons. The van der Waals surface area contributed by atoms with Gasteiger partial charge in [-0.15, -0.1) is 0 Å². The van der Waals surface area contributed by atoms with Gasteiger partial charge in [0, 0.05) is 12.1 Å². The van der Waals surface area contributed by atoms with Gasteiger partial charge in [0.25, 0.3) is 0 Å². The number of hydrogen-bond acceptors (Lipinski definition) is 2. The van der Waals surface area contributed by atoms with Crippen molar-refractivity contribution in [1.29, 1.82) is 0 Å². The zero-order valence-electron chi connectivity index (χ0n) is 8.45. The molecule has 0 saturated heterocycles. The summed E-state index contributed by atoms with van der Waals surface area (Å²) in [5.74, 6) is 0. The first kappa shape index (κ1) is 11.6. The average Bonchev–Trinajstić information content (AvgIpc) is 2.11. The number of amides is 2. The van der Waals surface area contributed by atoms with Crippen LogP contribution in [-0.4, -0.2) is 12.1 Å². The lowest BCUT2D eigenvalue weighted by Gasteiger charge is -2.10. The molecule has 2 N–H and O–H groups in total. The van der Waals surface area contributed by atoms with Crippen molar-refractivity contribution in [3.05, 3.63) is 28.7 Å². The Morgan fingerprint density at radius 3 is 2.87 bits per heavy atom. The summed E-state index contributed by atoms with van der Waals surface area (Å²) in [5, 5.41) is 16.1. The highest BCUT2D eigenvalue weighted by Gasteiger charge is 2.11. The van der Waals surface area contributed by atoms with Crippen LogP contribution in [0.15, 0.2) is 18.3 Å². The smallest absolute Gasteiger partial charge is 0.319 e. The molecule has 0 aliphatic rings. The topological polar surface area (TPSA) is 68.1 Å². The van der Waals surface area contributed by atoms with E-state index in [0.717, 1.165) is 0 Å². The number of nitrogens with one attached hydrogen (secondary N) is 2. The predicted molar refractivity (Wildman–Crippen MR) is 57.7 cm³/mol. The predicted octanol–water partition coefficient (Wildman–Crippen LogP) is 1.50. The standard InChI is InChI=1S/C9H12ClN3O2/c1-6(2)11-9(14)12-7-4-3-5-13(15)8(7)10/h3-6H,1-2H3,(H2,11,12,14). The number of urea groups is 1. The van der Waals surface area contributed by atoms with Crippen molar-refractivity contribution in [2.24, 2.45) is 0 Å². The van der Waals surface area contributed by atoms with Crippen LogP contribution in [0.25, 0.3) is 0 Å². The van der Waals surface area contributed by atoms with Crippen molar-refractivity contribution in [3.8, 4) is 0 Å². The zero-order chi connectivity index (χ0) is 11.4. The lowest BCUT2D eigenvalue weighted by Crippen LogP contribution is -2.35. The third kappa shape index (κ3) is 3.28. The highest BCUT2D eigenvalue weighted by Crippen LogP contribution is 2.15. The number of carbonyl (C=O) groups is 1. The number of rotatable bonds is 2. The number of aromatic nitrogens is 1. The summed E-state index contributed by atoms with van der Waals surface area (Å²) in [4.78, 5) is 11.3. The molecule has 1 aromatic rings. The van der Waals surface area contributed by atoms with E-state index >= 15 is 0 Å². The highest BCUT2D eigenvalue weighted by atomic mass is 35.5. The molecule has 0 atom stereocenters. The van der Waals surface area contributed by atoms with E-state index in [-0.39, 0.29) is 16.9 Å². The van der Waals surface area contributed by atoms with E-state index in [0.29, 0.717) is 4.73 Å². The zero-order valence-corrected chi connectivity index (χ0v) is 9.21. The van der Waals surface area contributed by atoms with Crippen LogP contribution in [0.5, 0.6) is 0 Å². The van der Waals surface area contributed by atoms with Gasteiger partial charge in [0.2, 0.25) is 0 Å². The third-order valence-corrected chi connectivity index (χ3v) is 1.94. The van der Waals surface area contributed by atoms with Gasteiger partial charge in [0.05, 0.1) is 0 Å². The fraction of sp³-hybridized carbons (Fsp3) is 0.333. The Balaban J connectivity index is 2.73. The minimum atomic E-state index is -0.391. The number of nitrogens with zero attached hydrogens (tertiary/aromatic N) is 1. The Bertz CT molecular complexity index is 368. The van der Waals surface area contributed by atoms with Crippen LogP contribution in [0.2, 0.25) is 5.15 Å². The maximum atomic E-state index is 11.3. The monoisotopic (exact) mass is 229 g/mol. The molecule has 0 aliphatic heterocycles. The van der Waals surface area contributed by atoms with E-state index in [9.17, 15) is 10.0 Å². The van der Waals surface area contributed by atoms with Gasteiger partial charge in [-0.25, -0.2) is 4.79 Å². The average molecular weight is 230 g/mol. The first-order valence-electron chi connectivity index (χ1n) is 4.46. The Labute approximate surface area is 92.6 Å². The molecular formula is C9H12ClN3O2. The van der Waals surface area contributed by atoms with E-state index in [1.165, 1.54) is 12.3 Å². The number of anilines is 1. The summed E-state index contributed by atoms with van der Waals surface area (Å²) in [5.41, 5.74) is 0.285. The van der Waals surface area contributed by atoms with Crippen molar-refractivity contribution < 1.29 is 9.52 Å². The molecule has 1 rings (SSSR count). The van der Waals surface area contributed by atoms with Crippen molar-refractivity contribution in [2.75, 3.05) is 5.32 Å². The van der Waals surface area contributed by atoms with Gasteiger partial charge < -0.3 is 15.8 Å². The van der Waals surface area contributed by atoms with Gasteiger partial charge in [-0.1, -0.05) is 0 Å². The van der Waals surface area contributed by atoms with E-state index in [2.05, 4.69) is 10.6 Å². The molecule has 0 bridgehead atoms. The second-order valence-corrected chi connectivity index (χ2v) is 3.65. The van der Waals surface area contributed by atoms with Gasteiger partial charge in [-0.3, -0.25) is 0 Å². The summed E-state index contributed by atoms with van der Waals surface area (Å²) in [6.07, 6.45) is 1.26.